The Morgan fingerprint density at radius 1 is 1.25 bits per heavy atom. The monoisotopic (exact) mass is 328 g/mol. The highest BCUT2D eigenvalue weighted by molar-refractivity contribution is 8.14. The number of amidine groups is 1. The molecule has 0 aromatic heterocycles. The normalized spacial score (nSPS) is 22.1. The highest BCUT2D eigenvalue weighted by Crippen LogP contribution is 2.34. The molecule has 0 unspecified atom stereocenters. The van der Waals surface area contributed by atoms with Crippen molar-refractivity contribution in [2.45, 2.75) is 25.7 Å². The molecule has 108 valence electrons. The summed E-state index contributed by atoms with van der Waals surface area (Å²) in [7, 11) is 0. The number of benzene rings is 1. The van der Waals surface area contributed by atoms with E-state index in [9.17, 15) is 0 Å². The summed E-state index contributed by atoms with van der Waals surface area (Å²) in [6.07, 6.45) is 5.51. The Bertz CT molecular complexity index is 513. The van der Waals surface area contributed by atoms with Crippen LogP contribution in [0.1, 0.15) is 25.7 Å². The summed E-state index contributed by atoms with van der Waals surface area (Å²) in [4.78, 5) is 7.15. The van der Waals surface area contributed by atoms with Crippen LogP contribution in [0.4, 0.5) is 5.69 Å². The van der Waals surface area contributed by atoms with E-state index in [2.05, 4.69) is 4.90 Å². The molecule has 0 atom stereocenters. The SMILES string of the molecule is Clc1cccc(/N=C2\SCCN2CC2CCCC2)c1Cl. The van der Waals surface area contributed by atoms with Crippen LogP contribution in [-0.4, -0.2) is 28.9 Å². The van der Waals surface area contributed by atoms with Crippen molar-refractivity contribution in [3.8, 4) is 0 Å². The molecule has 0 spiro atoms. The van der Waals surface area contributed by atoms with Gasteiger partial charge in [0.15, 0.2) is 5.17 Å². The molecule has 1 aliphatic heterocycles. The lowest BCUT2D eigenvalue weighted by Crippen LogP contribution is -2.29. The summed E-state index contributed by atoms with van der Waals surface area (Å²) >= 11 is 14.1. The number of thioether (sulfide) groups is 1. The Morgan fingerprint density at radius 2 is 2.05 bits per heavy atom. The van der Waals surface area contributed by atoms with Gasteiger partial charge in [-0.1, -0.05) is 53.9 Å². The van der Waals surface area contributed by atoms with Crippen LogP contribution in [0.2, 0.25) is 10.0 Å². The Balaban J connectivity index is 1.76. The second-order valence-corrected chi connectivity index (χ2v) is 7.26. The lowest BCUT2D eigenvalue weighted by Gasteiger charge is -2.21. The number of nitrogens with zero attached hydrogens (tertiary/aromatic N) is 2. The van der Waals surface area contributed by atoms with Crippen molar-refractivity contribution >= 4 is 45.8 Å². The molecule has 0 bridgehead atoms. The van der Waals surface area contributed by atoms with Gasteiger partial charge in [0.25, 0.3) is 0 Å². The Morgan fingerprint density at radius 3 is 2.85 bits per heavy atom. The quantitative estimate of drug-likeness (QED) is 0.755. The maximum atomic E-state index is 6.22. The average molecular weight is 329 g/mol. The Hall–Kier alpha value is -0.380. The van der Waals surface area contributed by atoms with Crippen LogP contribution in [0.3, 0.4) is 0 Å². The van der Waals surface area contributed by atoms with Crippen molar-refractivity contribution in [2.75, 3.05) is 18.8 Å². The largest absolute Gasteiger partial charge is 0.350 e. The molecule has 1 aromatic rings. The Labute approximate surface area is 134 Å². The number of rotatable bonds is 3. The zero-order chi connectivity index (χ0) is 13.9. The molecule has 3 rings (SSSR count). The zero-order valence-corrected chi connectivity index (χ0v) is 13.6. The van der Waals surface area contributed by atoms with Gasteiger partial charge in [-0.15, -0.1) is 0 Å². The van der Waals surface area contributed by atoms with Crippen molar-refractivity contribution in [2.24, 2.45) is 10.9 Å². The first kappa shape index (κ1) is 14.6. The second-order valence-electron chi connectivity index (χ2n) is 5.41. The third kappa shape index (κ3) is 3.26. The van der Waals surface area contributed by atoms with Crippen molar-refractivity contribution in [3.05, 3.63) is 28.2 Å². The van der Waals surface area contributed by atoms with Crippen molar-refractivity contribution in [1.82, 2.24) is 4.90 Å². The van der Waals surface area contributed by atoms with Gasteiger partial charge in [-0.2, -0.15) is 0 Å². The smallest absolute Gasteiger partial charge is 0.164 e. The molecular weight excluding hydrogens is 311 g/mol. The highest BCUT2D eigenvalue weighted by atomic mass is 35.5. The predicted molar refractivity (Wildman–Crippen MR) is 89.5 cm³/mol. The summed E-state index contributed by atoms with van der Waals surface area (Å²) in [5.41, 5.74) is 0.778. The summed E-state index contributed by atoms with van der Waals surface area (Å²) in [6.45, 7) is 2.24. The van der Waals surface area contributed by atoms with E-state index in [1.54, 1.807) is 6.07 Å². The molecule has 0 radical (unpaired) electrons. The fourth-order valence-corrected chi connectivity index (χ4v) is 4.24. The molecular formula is C15H18Cl2N2S. The van der Waals surface area contributed by atoms with Gasteiger partial charge in [0.1, 0.15) is 0 Å². The van der Waals surface area contributed by atoms with E-state index in [1.807, 2.05) is 23.9 Å². The van der Waals surface area contributed by atoms with Crippen LogP contribution in [0.15, 0.2) is 23.2 Å². The number of halogens is 2. The van der Waals surface area contributed by atoms with Gasteiger partial charge in [0.05, 0.1) is 15.7 Å². The Kier molecular flexibility index (Phi) is 4.79. The molecule has 2 fully saturated rings. The third-order valence-corrected chi connectivity index (χ3v) is 5.77. The summed E-state index contributed by atoms with van der Waals surface area (Å²) in [5, 5.41) is 2.22. The first-order valence-electron chi connectivity index (χ1n) is 7.14. The number of hydrogen-bond donors (Lipinski definition) is 0. The minimum Gasteiger partial charge on any atom is -0.350 e. The number of hydrogen-bond acceptors (Lipinski definition) is 2. The molecule has 0 amide bonds. The maximum absolute atomic E-state index is 6.22. The molecule has 2 aliphatic rings. The van der Waals surface area contributed by atoms with Gasteiger partial charge in [-0.05, 0) is 30.9 Å². The molecule has 1 aromatic carbocycles. The number of aliphatic imine (C=N–C) groups is 1. The first-order chi connectivity index (χ1) is 9.74. The minimum atomic E-state index is 0.551. The van der Waals surface area contributed by atoms with E-state index in [0.29, 0.717) is 10.0 Å². The van der Waals surface area contributed by atoms with Crippen LogP contribution in [-0.2, 0) is 0 Å². The zero-order valence-electron chi connectivity index (χ0n) is 11.3. The molecule has 20 heavy (non-hydrogen) atoms. The van der Waals surface area contributed by atoms with E-state index >= 15 is 0 Å². The van der Waals surface area contributed by atoms with E-state index in [0.717, 1.165) is 35.6 Å². The average Bonchev–Trinajstić information content (AvgIpc) is 3.08. The van der Waals surface area contributed by atoms with E-state index in [1.165, 1.54) is 25.7 Å². The molecule has 2 nitrogen and oxygen atoms in total. The standard InChI is InChI=1S/C15H18Cl2N2S/c16-12-6-3-7-13(14(12)17)18-15-19(8-9-20-15)10-11-4-1-2-5-11/h3,6-7,11H,1-2,4-5,8-10H2/b18-15-. The third-order valence-electron chi connectivity index (χ3n) is 3.96. The van der Waals surface area contributed by atoms with Crippen LogP contribution in [0.5, 0.6) is 0 Å². The summed E-state index contributed by atoms with van der Waals surface area (Å²) in [5.74, 6) is 1.96. The van der Waals surface area contributed by atoms with Crippen molar-refractivity contribution in [1.29, 1.82) is 0 Å². The van der Waals surface area contributed by atoms with Crippen molar-refractivity contribution < 1.29 is 0 Å². The molecule has 5 heteroatoms. The first-order valence-corrected chi connectivity index (χ1v) is 8.88. The van der Waals surface area contributed by atoms with Crippen LogP contribution in [0, 0.1) is 5.92 Å². The van der Waals surface area contributed by atoms with Gasteiger partial charge in [-0.25, -0.2) is 4.99 Å². The van der Waals surface area contributed by atoms with Gasteiger partial charge in [-0.3, -0.25) is 0 Å². The maximum Gasteiger partial charge on any atom is 0.164 e. The highest BCUT2D eigenvalue weighted by Gasteiger charge is 2.25. The van der Waals surface area contributed by atoms with Gasteiger partial charge in [0.2, 0.25) is 0 Å². The molecule has 1 saturated carbocycles. The van der Waals surface area contributed by atoms with Gasteiger partial charge < -0.3 is 4.90 Å². The van der Waals surface area contributed by atoms with E-state index < -0.39 is 0 Å². The second kappa shape index (κ2) is 6.59. The van der Waals surface area contributed by atoms with Crippen LogP contribution in [0.25, 0.3) is 0 Å². The van der Waals surface area contributed by atoms with Crippen molar-refractivity contribution in [3.63, 3.8) is 0 Å². The predicted octanol–water partition coefficient (Wildman–Crippen LogP) is 5.22. The summed E-state index contributed by atoms with van der Waals surface area (Å²) in [6, 6.07) is 5.62. The van der Waals surface area contributed by atoms with Gasteiger partial charge in [0, 0.05) is 18.8 Å². The van der Waals surface area contributed by atoms with Gasteiger partial charge >= 0.3 is 0 Å². The molecule has 0 N–H and O–H groups in total. The van der Waals surface area contributed by atoms with E-state index in [4.69, 9.17) is 28.2 Å². The van der Waals surface area contributed by atoms with Crippen LogP contribution >= 0.6 is 35.0 Å². The lowest BCUT2D eigenvalue weighted by atomic mass is 10.1. The lowest BCUT2D eigenvalue weighted by molar-refractivity contribution is 0.366. The van der Waals surface area contributed by atoms with E-state index in [-0.39, 0.29) is 0 Å². The molecule has 1 aliphatic carbocycles. The van der Waals surface area contributed by atoms with Crippen LogP contribution < -0.4 is 0 Å². The fourth-order valence-electron chi connectivity index (χ4n) is 2.89. The minimum absolute atomic E-state index is 0.551. The molecule has 1 saturated heterocycles. The topological polar surface area (TPSA) is 15.6 Å². The fraction of sp³-hybridized carbons (Fsp3) is 0.533. The molecule has 1 heterocycles. The summed E-state index contributed by atoms with van der Waals surface area (Å²) < 4.78 is 0.